The third kappa shape index (κ3) is 4.02. The molecule has 2 amide bonds. The maximum atomic E-state index is 12.8. The van der Waals surface area contributed by atoms with E-state index in [4.69, 9.17) is 0 Å². The highest BCUT2D eigenvalue weighted by molar-refractivity contribution is 5.85. The van der Waals surface area contributed by atoms with Crippen molar-refractivity contribution in [2.45, 2.75) is 18.8 Å². The maximum Gasteiger partial charge on any atom is 0.239 e. The highest BCUT2D eigenvalue weighted by Gasteiger charge is 2.24. The van der Waals surface area contributed by atoms with Crippen LogP contribution in [0.2, 0.25) is 0 Å². The van der Waals surface area contributed by atoms with E-state index in [1.165, 1.54) is 0 Å². The second-order valence-electron chi connectivity index (χ2n) is 6.10. The molecule has 0 aliphatic carbocycles. The Morgan fingerprint density at radius 2 is 1.58 bits per heavy atom. The summed E-state index contributed by atoms with van der Waals surface area (Å²) in [5.41, 5.74) is 2.24. The molecule has 1 fully saturated rings. The van der Waals surface area contributed by atoms with Crippen molar-refractivity contribution in [1.29, 1.82) is 0 Å². The molecule has 0 bridgehead atoms. The van der Waals surface area contributed by atoms with Gasteiger partial charge in [0.25, 0.3) is 0 Å². The van der Waals surface area contributed by atoms with E-state index in [0.29, 0.717) is 19.5 Å². The van der Waals surface area contributed by atoms with Crippen molar-refractivity contribution in [2.24, 2.45) is 0 Å². The Morgan fingerprint density at radius 1 is 1.00 bits per heavy atom. The first-order chi connectivity index (χ1) is 11.7. The van der Waals surface area contributed by atoms with E-state index in [1.54, 1.807) is 4.90 Å². The van der Waals surface area contributed by atoms with Crippen molar-refractivity contribution >= 4 is 11.8 Å². The average Bonchev–Trinajstić information content (AvgIpc) is 2.85. The standard InChI is InChI=1S/C20H22N2O2/c23-19-15-22(13-7-12-21-19)20(24)14-18(16-8-3-1-4-9-16)17-10-5-2-6-11-17/h1-6,8-11,18H,7,12-15H2,(H,21,23). The number of carbonyl (C=O) groups is 2. The second-order valence-corrected chi connectivity index (χ2v) is 6.10. The van der Waals surface area contributed by atoms with E-state index in [-0.39, 0.29) is 24.3 Å². The fraction of sp³-hybridized carbons (Fsp3) is 0.300. The van der Waals surface area contributed by atoms with Crippen LogP contribution in [0.15, 0.2) is 60.7 Å². The van der Waals surface area contributed by atoms with Gasteiger partial charge in [-0.25, -0.2) is 0 Å². The van der Waals surface area contributed by atoms with Gasteiger partial charge in [-0.05, 0) is 17.5 Å². The van der Waals surface area contributed by atoms with Crippen LogP contribution in [-0.4, -0.2) is 36.3 Å². The molecule has 0 atom stereocenters. The minimum Gasteiger partial charge on any atom is -0.354 e. The zero-order valence-corrected chi connectivity index (χ0v) is 13.7. The molecule has 0 unspecified atom stereocenters. The Balaban J connectivity index is 1.81. The van der Waals surface area contributed by atoms with Gasteiger partial charge in [0, 0.05) is 25.4 Å². The van der Waals surface area contributed by atoms with Crippen molar-refractivity contribution in [3.8, 4) is 0 Å². The number of carbonyl (C=O) groups excluding carboxylic acids is 2. The van der Waals surface area contributed by atoms with E-state index in [9.17, 15) is 9.59 Å². The summed E-state index contributed by atoms with van der Waals surface area (Å²) in [6.07, 6.45) is 1.18. The van der Waals surface area contributed by atoms with Gasteiger partial charge in [0.15, 0.2) is 0 Å². The summed E-state index contributed by atoms with van der Waals surface area (Å²) in [5.74, 6) is -0.0345. The molecule has 24 heavy (non-hydrogen) atoms. The molecule has 124 valence electrons. The first-order valence-electron chi connectivity index (χ1n) is 8.38. The number of amides is 2. The zero-order valence-electron chi connectivity index (χ0n) is 13.7. The van der Waals surface area contributed by atoms with Crippen LogP contribution in [0.5, 0.6) is 0 Å². The summed E-state index contributed by atoms with van der Waals surface area (Å²) in [6.45, 7) is 1.44. The summed E-state index contributed by atoms with van der Waals surface area (Å²) in [7, 11) is 0. The lowest BCUT2D eigenvalue weighted by Gasteiger charge is -2.23. The van der Waals surface area contributed by atoms with Crippen molar-refractivity contribution in [1.82, 2.24) is 10.2 Å². The van der Waals surface area contributed by atoms with Crippen molar-refractivity contribution in [3.05, 3.63) is 71.8 Å². The van der Waals surface area contributed by atoms with Gasteiger partial charge in [0.2, 0.25) is 11.8 Å². The van der Waals surface area contributed by atoms with Gasteiger partial charge in [-0.15, -0.1) is 0 Å². The first-order valence-corrected chi connectivity index (χ1v) is 8.38. The molecule has 1 saturated heterocycles. The molecule has 2 aromatic rings. The Kier molecular flexibility index (Phi) is 5.26. The minimum atomic E-state index is -0.0724. The third-order valence-corrected chi connectivity index (χ3v) is 4.40. The highest BCUT2D eigenvalue weighted by Crippen LogP contribution is 2.28. The molecule has 4 nitrogen and oxygen atoms in total. The van der Waals surface area contributed by atoms with E-state index < -0.39 is 0 Å². The summed E-state index contributed by atoms with van der Waals surface area (Å²) < 4.78 is 0. The summed E-state index contributed by atoms with van der Waals surface area (Å²) in [4.78, 5) is 26.2. The van der Waals surface area contributed by atoms with E-state index >= 15 is 0 Å². The van der Waals surface area contributed by atoms with Crippen LogP contribution in [0.4, 0.5) is 0 Å². The molecule has 0 saturated carbocycles. The Labute approximate surface area is 142 Å². The molecule has 0 aromatic heterocycles. The third-order valence-electron chi connectivity index (χ3n) is 4.40. The van der Waals surface area contributed by atoms with Crippen LogP contribution in [0.3, 0.4) is 0 Å². The normalized spacial score (nSPS) is 15.0. The van der Waals surface area contributed by atoms with Gasteiger partial charge in [0.05, 0.1) is 6.54 Å². The van der Waals surface area contributed by atoms with Gasteiger partial charge < -0.3 is 10.2 Å². The van der Waals surface area contributed by atoms with Crippen molar-refractivity contribution in [2.75, 3.05) is 19.6 Å². The highest BCUT2D eigenvalue weighted by atomic mass is 16.2. The first kappa shape index (κ1) is 16.2. The zero-order chi connectivity index (χ0) is 16.8. The smallest absolute Gasteiger partial charge is 0.239 e. The monoisotopic (exact) mass is 322 g/mol. The Morgan fingerprint density at radius 3 is 2.17 bits per heavy atom. The number of benzene rings is 2. The molecule has 1 aliphatic rings. The quantitative estimate of drug-likeness (QED) is 0.940. The molecule has 0 spiro atoms. The minimum absolute atomic E-state index is 0.00575. The fourth-order valence-electron chi connectivity index (χ4n) is 3.12. The average molecular weight is 322 g/mol. The topological polar surface area (TPSA) is 49.4 Å². The van der Waals surface area contributed by atoms with Crippen LogP contribution in [0, 0.1) is 0 Å². The summed E-state index contributed by atoms with van der Waals surface area (Å²) >= 11 is 0. The number of rotatable bonds is 4. The molecule has 2 aromatic carbocycles. The maximum absolute atomic E-state index is 12.8. The Bertz CT molecular complexity index is 646. The van der Waals surface area contributed by atoms with Crippen LogP contribution in [-0.2, 0) is 9.59 Å². The lowest BCUT2D eigenvalue weighted by Crippen LogP contribution is -2.38. The second kappa shape index (κ2) is 7.77. The SMILES string of the molecule is O=C1CN(C(=O)CC(c2ccccc2)c2ccccc2)CCCN1. The largest absolute Gasteiger partial charge is 0.354 e. The van der Waals surface area contributed by atoms with Crippen molar-refractivity contribution < 1.29 is 9.59 Å². The Hall–Kier alpha value is -2.62. The van der Waals surface area contributed by atoms with Crippen LogP contribution in [0.1, 0.15) is 29.9 Å². The van der Waals surface area contributed by atoms with Gasteiger partial charge in [-0.2, -0.15) is 0 Å². The van der Waals surface area contributed by atoms with Gasteiger partial charge in [-0.1, -0.05) is 60.7 Å². The van der Waals surface area contributed by atoms with E-state index in [0.717, 1.165) is 17.5 Å². The number of nitrogens with one attached hydrogen (secondary N) is 1. The summed E-state index contributed by atoms with van der Waals surface area (Å²) in [5, 5.41) is 2.81. The molecule has 1 N–H and O–H groups in total. The van der Waals surface area contributed by atoms with Gasteiger partial charge in [0.1, 0.15) is 0 Å². The molecule has 4 heteroatoms. The predicted octanol–water partition coefficient (Wildman–Crippen LogP) is 2.56. The summed E-state index contributed by atoms with van der Waals surface area (Å²) in [6, 6.07) is 20.2. The molecule has 3 rings (SSSR count). The number of hydrogen-bond donors (Lipinski definition) is 1. The van der Waals surface area contributed by atoms with E-state index in [1.807, 2.05) is 36.4 Å². The number of hydrogen-bond acceptors (Lipinski definition) is 2. The lowest BCUT2D eigenvalue weighted by molar-refractivity contribution is -0.135. The lowest BCUT2D eigenvalue weighted by atomic mass is 9.88. The molecule has 1 heterocycles. The molecular weight excluding hydrogens is 300 g/mol. The van der Waals surface area contributed by atoms with E-state index in [2.05, 4.69) is 29.6 Å². The van der Waals surface area contributed by atoms with Crippen LogP contribution >= 0.6 is 0 Å². The molecule has 0 radical (unpaired) electrons. The predicted molar refractivity (Wildman–Crippen MR) is 93.6 cm³/mol. The molecule has 1 aliphatic heterocycles. The van der Waals surface area contributed by atoms with Gasteiger partial charge >= 0.3 is 0 Å². The molecular formula is C20H22N2O2. The van der Waals surface area contributed by atoms with Crippen LogP contribution in [0.25, 0.3) is 0 Å². The van der Waals surface area contributed by atoms with Crippen molar-refractivity contribution in [3.63, 3.8) is 0 Å². The number of nitrogens with zero attached hydrogens (tertiary/aromatic N) is 1. The van der Waals surface area contributed by atoms with Crippen LogP contribution < -0.4 is 5.32 Å². The van der Waals surface area contributed by atoms with Gasteiger partial charge in [-0.3, -0.25) is 9.59 Å². The fourth-order valence-corrected chi connectivity index (χ4v) is 3.12.